The van der Waals surface area contributed by atoms with Crippen molar-refractivity contribution < 1.29 is 9.53 Å². The van der Waals surface area contributed by atoms with Crippen LogP contribution in [-0.4, -0.2) is 18.7 Å². The van der Waals surface area contributed by atoms with Crippen molar-refractivity contribution in [3.8, 4) is 5.75 Å². The van der Waals surface area contributed by atoms with Gasteiger partial charge in [0, 0.05) is 10.2 Å². The maximum atomic E-state index is 12.6. The molecule has 4 nitrogen and oxygen atoms in total. The van der Waals surface area contributed by atoms with Gasteiger partial charge in [0.05, 0.1) is 12.2 Å². The number of halogens is 1. The van der Waals surface area contributed by atoms with Crippen LogP contribution in [0.1, 0.15) is 12.5 Å². The predicted octanol–water partition coefficient (Wildman–Crippen LogP) is 4.58. The van der Waals surface area contributed by atoms with Crippen molar-refractivity contribution in [2.75, 3.05) is 16.8 Å². The molecule has 1 aliphatic rings. The zero-order chi connectivity index (χ0) is 15.7. The second-order valence-corrected chi connectivity index (χ2v) is 6.36. The summed E-state index contributed by atoms with van der Waals surface area (Å²) >= 11 is 3.39. The van der Waals surface area contributed by atoms with Gasteiger partial charge in [-0.05, 0) is 55.8 Å². The number of aryl methyl sites for hydroxylation is 1. The van der Waals surface area contributed by atoms with Gasteiger partial charge in [0.15, 0.2) is 0 Å². The zero-order valence-corrected chi connectivity index (χ0v) is 14.1. The van der Waals surface area contributed by atoms with Crippen LogP contribution in [0.25, 0.3) is 0 Å². The molecule has 3 rings (SSSR count). The quantitative estimate of drug-likeness (QED) is 0.808. The highest BCUT2D eigenvalue weighted by Gasteiger charge is 2.27. The van der Waals surface area contributed by atoms with E-state index in [1.54, 1.807) is 4.90 Å². The van der Waals surface area contributed by atoms with Crippen LogP contribution in [0.2, 0.25) is 0 Å². The maximum absolute atomic E-state index is 12.6. The number of benzene rings is 2. The number of fused-ring (bicyclic) bond motifs is 1. The molecule has 0 saturated heterocycles. The average Bonchev–Trinajstić information content (AvgIpc) is 2.49. The van der Waals surface area contributed by atoms with Gasteiger partial charge in [0.2, 0.25) is 0 Å². The number of carbonyl (C=O) groups is 1. The molecule has 1 N–H and O–H groups in total. The normalized spacial score (nSPS) is 16.7. The summed E-state index contributed by atoms with van der Waals surface area (Å²) in [5.41, 5.74) is 2.67. The lowest BCUT2D eigenvalue weighted by Gasteiger charge is -2.33. The molecule has 22 heavy (non-hydrogen) atoms. The fourth-order valence-corrected chi connectivity index (χ4v) is 2.73. The number of hydrogen-bond acceptors (Lipinski definition) is 2. The first kappa shape index (κ1) is 14.9. The molecule has 0 bridgehead atoms. The Bertz CT molecular complexity index is 700. The van der Waals surface area contributed by atoms with Gasteiger partial charge in [-0.3, -0.25) is 4.90 Å². The fourth-order valence-electron chi connectivity index (χ4n) is 2.46. The number of nitrogens with zero attached hydrogens (tertiary/aromatic N) is 1. The van der Waals surface area contributed by atoms with Gasteiger partial charge in [-0.15, -0.1) is 0 Å². The molecule has 2 amide bonds. The zero-order valence-electron chi connectivity index (χ0n) is 12.5. The highest BCUT2D eigenvalue weighted by atomic mass is 79.9. The van der Waals surface area contributed by atoms with E-state index in [0.717, 1.165) is 27.2 Å². The van der Waals surface area contributed by atoms with Crippen molar-refractivity contribution in [2.45, 2.75) is 20.0 Å². The molecule has 2 aromatic rings. The van der Waals surface area contributed by atoms with Crippen molar-refractivity contribution in [1.29, 1.82) is 0 Å². The van der Waals surface area contributed by atoms with Crippen molar-refractivity contribution in [2.24, 2.45) is 0 Å². The summed E-state index contributed by atoms with van der Waals surface area (Å²) in [6, 6.07) is 13.3. The van der Waals surface area contributed by atoms with E-state index in [9.17, 15) is 4.79 Å². The number of amides is 2. The highest BCUT2D eigenvalue weighted by molar-refractivity contribution is 9.10. The van der Waals surface area contributed by atoms with E-state index in [4.69, 9.17) is 4.74 Å². The smallest absolute Gasteiger partial charge is 0.326 e. The van der Waals surface area contributed by atoms with E-state index in [-0.39, 0.29) is 12.1 Å². The first-order chi connectivity index (χ1) is 10.5. The molecule has 0 spiro atoms. The number of anilines is 2. The predicted molar refractivity (Wildman–Crippen MR) is 91.8 cm³/mol. The standard InChI is InChI=1S/C17H17BrN2O2/c1-11-3-8-16-15(9-11)20(10-12(2)22-16)17(21)19-14-6-4-13(18)5-7-14/h3-9,12H,10H2,1-2H3,(H,19,21). The van der Waals surface area contributed by atoms with Gasteiger partial charge in [-0.1, -0.05) is 22.0 Å². The Hall–Kier alpha value is -2.01. The maximum Gasteiger partial charge on any atom is 0.326 e. The van der Waals surface area contributed by atoms with Gasteiger partial charge in [-0.2, -0.15) is 0 Å². The third-order valence-corrected chi connectivity index (χ3v) is 4.04. The Morgan fingerprint density at radius 1 is 1.27 bits per heavy atom. The molecule has 114 valence electrons. The Morgan fingerprint density at radius 2 is 2.00 bits per heavy atom. The number of ether oxygens (including phenoxy) is 1. The highest BCUT2D eigenvalue weighted by Crippen LogP contribution is 2.34. The largest absolute Gasteiger partial charge is 0.487 e. The lowest BCUT2D eigenvalue weighted by molar-refractivity contribution is 0.208. The van der Waals surface area contributed by atoms with Crippen LogP contribution in [0.5, 0.6) is 5.75 Å². The van der Waals surface area contributed by atoms with E-state index >= 15 is 0 Å². The van der Waals surface area contributed by atoms with Crippen LogP contribution < -0.4 is 15.0 Å². The van der Waals surface area contributed by atoms with Crippen LogP contribution in [0.3, 0.4) is 0 Å². The Kier molecular flexibility index (Phi) is 4.07. The lowest BCUT2D eigenvalue weighted by Crippen LogP contribution is -2.44. The van der Waals surface area contributed by atoms with E-state index in [0.29, 0.717) is 6.54 Å². The summed E-state index contributed by atoms with van der Waals surface area (Å²) in [5, 5.41) is 2.93. The molecule has 0 radical (unpaired) electrons. The molecular weight excluding hydrogens is 344 g/mol. The minimum absolute atomic E-state index is 0.0362. The lowest BCUT2D eigenvalue weighted by atomic mass is 10.1. The molecule has 0 saturated carbocycles. The summed E-state index contributed by atoms with van der Waals surface area (Å²) in [7, 11) is 0. The summed E-state index contributed by atoms with van der Waals surface area (Å²) in [6.45, 7) is 4.49. The molecule has 0 aliphatic carbocycles. The molecule has 5 heteroatoms. The van der Waals surface area contributed by atoms with Crippen LogP contribution in [0.4, 0.5) is 16.2 Å². The number of nitrogens with one attached hydrogen (secondary N) is 1. The van der Waals surface area contributed by atoms with Crippen LogP contribution in [-0.2, 0) is 0 Å². The van der Waals surface area contributed by atoms with Gasteiger partial charge in [-0.25, -0.2) is 4.79 Å². The van der Waals surface area contributed by atoms with Gasteiger partial charge < -0.3 is 10.1 Å². The van der Waals surface area contributed by atoms with Crippen LogP contribution in [0, 0.1) is 6.92 Å². The van der Waals surface area contributed by atoms with Crippen molar-refractivity contribution in [3.63, 3.8) is 0 Å². The van der Waals surface area contributed by atoms with Crippen LogP contribution in [0.15, 0.2) is 46.9 Å². The monoisotopic (exact) mass is 360 g/mol. The van der Waals surface area contributed by atoms with E-state index in [1.807, 2.05) is 56.3 Å². The second kappa shape index (κ2) is 6.01. The Morgan fingerprint density at radius 3 is 2.73 bits per heavy atom. The minimum Gasteiger partial charge on any atom is -0.487 e. The molecule has 1 unspecified atom stereocenters. The molecule has 1 atom stereocenters. The van der Waals surface area contributed by atoms with E-state index < -0.39 is 0 Å². The van der Waals surface area contributed by atoms with Gasteiger partial charge in [0.1, 0.15) is 11.9 Å². The molecule has 0 fully saturated rings. The molecular formula is C17H17BrN2O2. The molecule has 0 aromatic heterocycles. The van der Waals surface area contributed by atoms with Crippen molar-refractivity contribution in [3.05, 3.63) is 52.5 Å². The summed E-state index contributed by atoms with van der Waals surface area (Å²) in [4.78, 5) is 14.4. The summed E-state index contributed by atoms with van der Waals surface area (Å²) < 4.78 is 6.78. The topological polar surface area (TPSA) is 41.6 Å². The van der Waals surface area contributed by atoms with Crippen molar-refractivity contribution in [1.82, 2.24) is 0 Å². The second-order valence-electron chi connectivity index (χ2n) is 5.45. The van der Waals surface area contributed by atoms with E-state index in [1.165, 1.54) is 0 Å². The van der Waals surface area contributed by atoms with Crippen molar-refractivity contribution >= 4 is 33.3 Å². The first-order valence-corrected chi connectivity index (χ1v) is 7.93. The number of rotatable bonds is 1. The summed E-state index contributed by atoms with van der Waals surface area (Å²) in [5.74, 6) is 0.746. The fraction of sp³-hybridized carbons (Fsp3) is 0.235. The molecule has 1 aliphatic heterocycles. The average molecular weight is 361 g/mol. The van der Waals surface area contributed by atoms with Gasteiger partial charge >= 0.3 is 6.03 Å². The number of carbonyl (C=O) groups excluding carboxylic acids is 1. The summed E-state index contributed by atoms with van der Waals surface area (Å²) in [6.07, 6.45) is -0.0362. The molecule has 1 heterocycles. The Balaban J connectivity index is 1.86. The van der Waals surface area contributed by atoms with Gasteiger partial charge in [0.25, 0.3) is 0 Å². The number of urea groups is 1. The minimum atomic E-state index is -0.149. The first-order valence-electron chi connectivity index (χ1n) is 7.14. The third kappa shape index (κ3) is 3.09. The van der Waals surface area contributed by atoms with Crippen LogP contribution >= 0.6 is 15.9 Å². The van der Waals surface area contributed by atoms with E-state index in [2.05, 4.69) is 21.2 Å². The SMILES string of the molecule is Cc1ccc2c(c1)N(C(=O)Nc1ccc(Br)cc1)CC(C)O2. The Labute approximate surface area is 138 Å². The number of hydrogen-bond donors (Lipinski definition) is 1. The third-order valence-electron chi connectivity index (χ3n) is 3.51. The molecule has 2 aromatic carbocycles.